The van der Waals surface area contributed by atoms with E-state index in [1.54, 1.807) is 0 Å². The third-order valence-electron chi connectivity index (χ3n) is 3.56. The Hall–Kier alpha value is -3.30. The lowest BCUT2D eigenvalue weighted by molar-refractivity contribution is 0.181. The Morgan fingerprint density at radius 3 is 1.27 bits per heavy atom. The van der Waals surface area contributed by atoms with Gasteiger partial charge in [-0.15, -0.1) is 9.46 Å². The van der Waals surface area contributed by atoms with E-state index in [4.69, 9.17) is 20.5 Å². The summed E-state index contributed by atoms with van der Waals surface area (Å²) in [6.45, 7) is 0. The maximum atomic E-state index is 9.42. The van der Waals surface area contributed by atoms with Crippen molar-refractivity contribution >= 4 is 11.8 Å². The van der Waals surface area contributed by atoms with Crippen LogP contribution in [-0.4, -0.2) is 41.7 Å². The van der Waals surface area contributed by atoms with Crippen LogP contribution in [0, 0.1) is 10.8 Å². The second kappa shape index (κ2) is 8.70. The number of aromatic hydroxyl groups is 4. The van der Waals surface area contributed by atoms with Gasteiger partial charge in [-0.25, -0.2) is 0 Å². The predicted molar refractivity (Wildman–Crippen MR) is 91.8 cm³/mol. The number of hydrogen-bond acceptors (Lipinski definition) is 8. The molecule has 0 radical (unpaired) electrons. The van der Waals surface area contributed by atoms with Crippen molar-refractivity contribution in [3.05, 3.63) is 24.3 Å². The van der Waals surface area contributed by atoms with Gasteiger partial charge in [-0.3, -0.25) is 10.8 Å². The highest BCUT2D eigenvalue weighted by molar-refractivity contribution is 5.73. The fourth-order valence-corrected chi connectivity index (χ4v) is 2.23. The first-order valence-corrected chi connectivity index (χ1v) is 8.09. The van der Waals surface area contributed by atoms with E-state index in [-0.39, 0.29) is 35.3 Å². The van der Waals surface area contributed by atoms with E-state index in [0.29, 0.717) is 25.7 Å². The molecule has 0 amide bonds. The van der Waals surface area contributed by atoms with Gasteiger partial charge in [0.2, 0.25) is 35.3 Å². The molecule has 0 spiro atoms. The molecule has 2 rings (SSSR count). The average molecular weight is 366 g/mol. The van der Waals surface area contributed by atoms with Gasteiger partial charge in [0.1, 0.15) is 0 Å². The van der Waals surface area contributed by atoms with Crippen LogP contribution in [0.1, 0.15) is 38.5 Å². The van der Waals surface area contributed by atoms with Gasteiger partial charge < -0.3 is 30.1 Å². The van der Waals surface area contributed by atoms with Gasteiger partial charge in [-0.1, -0.05) is 12.8 Å². The van der Waals surface area contributed by atoms with E-state index in [0.717, 1.165) is 22.3 Å². The van der Waals surface area contributed by atoms with Gasteiger partial charge in [0.25, 0.3) is 0 Å². The standard InChI is InChI=1S/C16H22N4O6/c17-11(25-19-13(21)7-8-14(19)22)5-3-1-2-4-6-12(18)26-20-15(23)9-10-16(20)24/h7-10,17-18,21-24H,1-6H2. The number of rotatable bonds is 9. The Morgan fingerprint density at radius 1 is 0.654 bits per heavy atom. The number of nitrogens with one attached hydrogen (secondary N) is 2. The van der Waals surface area contributed by atoms with Crippen LogP contribution < -0.4 is 9.68 Å². The van der Waals surface area contributed by atoms with E-state index in [2.05, 4.69) is 0 Å². The molecule has 2 aromatic heterocycles. The predicted octanol–water partition coefficient (Wildman–Crippen LogP) is 1.96. The largest absolute Gasteiger partial charge is 0.492 e. The van der Waals surface area contributed by atoms with E-state index in [1.165, 1.54) is 24.3 Å². The van der Waals surface area contributed by atoms with Crippen LogP contribution in [0.25, 0.3) is 0 Å². The van der Waals surface area contributed by atoms with Crippen molar-refractivity contribution in [1.29, 1.82) is 10.8 Å². The molecule has 2 heterocycles. The van der Waals surface area contributed by atoms with Gasteiger partial charge in [-0.2, -0.15) is 0 Å². The monoisotopic (exact) mass is 366 g/mol. The fraction of sp³-hybridized carbons (Fsp3) is 0.375. The molecule has 10 nitrogen and oxygen atoms in total. The smallest absolute Gasteiger partial charge is 0.229 e. The molecule has 0 fully saturated rings. The molecular weight excluding hydrogens is 344 g/mol. The second-order valence-corrected chi connectivity index (χ2v) is 5.63. The van der Waals surface area contributed by atoms with Crippen molar-refractivity contribution in [1.82, 2.24) is 9.46 Å². The van der Waals surface area contributed by atoms with E-state index >= 15 is 0 Å². The summed E-state index contributed by atoms with van der Waals surface area (Å²) in [5, 5.41) is 53.0. The van der Waals surface area contributed by atoms with E-state index in [1.807, 2.05) is 0 Å². The lowest BCUT2D eigenvalue weighted by Crippen LogP contribution is -2.18. The minimum absolute atomic E-state index is 0.0820. The molecule has 26 heavy (non-hydrogen) atoms. The van der Waals surface area contributed by atoms with Crippen LogP contribution >= 0.6 is 0 Å². The molecular formula is C16H22N4O6. The van der Waals surface area contributed by atoms with Crippen LogP contribution in [0.15, 0.2) is 24.3 Å². The van der Waals surface area contributed by atoms with Crippen molar-refractivity contribution in [3.63, 3.8) is 0 Å². The first-order chi connectivity index (χ1) is 12.4. The lowest BCUT2D eigenvalue weighted by Gasteiger charge is -2.10. The molecule has 0 aliphatic carbocycles. The van der Waals surface area contributed by atoms with Crippen LogP contribution in [0.4, 0.5) is 0 Å². The summed E-state index contributed by atoms with van der Waals surface area (Å²) in [5.41, 5.74) is 0. The number of aromatic nitrogens is 2. The van der Waals surface area contributed by atoms with Crippen LogP contribution in [0.2, 0.25) is 0 Å². The highest BCUT2D eigenvalue weighted by Gasteiger charge is 2.11. The zero-order chi connectivity index (χ0) is 19.1. The maximum absolute atomic E-state index is 9.42. The van der Waals surface area contributed by atoms with Crippen molar-refractivity contribution in [2.24, 2.45) is 0 Å². The van der Waals surface area contributed by atoms with Crippen molar-refractivity contribution in [3.8, 4) is 23.5 Å². The SMILES string of the molecule is N=C(CCCCCCC(=N)On1c(O)ccc1O)On1c(O)ccc1O. The van der Waals surface area contributed by atoms with Gasteiger partial charge in [-0.05, 0) is 12.8 Å². The molecule has 0 bridgehead atoms. The van der Waals surface area contributed by atoms with Crippen LogP contribution in [0.5, 0.6) is 23.5 Å². The normalized spacial score (nSPS) is 10.6. The molecule has 2 aromatic rings. The van der Waals surface area contributed by atoms with Gasteiger partial charge in [0.15, 0.2) is 0 Å². The third-order valence-corrected chi connectivity index (χ3v) is 3.56. The molecule has 0 atom stereocenters. The summed E-state index contributed by atoms with van der Waals surface area (Å²) in [5.74, 6) is -1.31. The number of nitrogens with zero attached hydrogens (tertiary/aromatic N) is 2. The molecule has 0 aromatic carbocycles. The molecule has 142 valence electrons. The summed E-state index contributed by atoms with van der Waals surface area (Å²) in [4.78, 5) is 10.1. The van der Waals surface area contributed by atoms with Gasteiger partial charge >= 0.3 is 0 Å². The summed E-state index contributed by atoms with van der Waals surface area (Å²) in [6, 6.07) is 5.03. The molecule has 0 aliphatic heterocycles. The third kappa shape index (κ3) is 5.10. The molecule has 6 N–H and O–H groups in total. The Balaban J connectivity index is 1.58. The minimum Gasteiger partial charge on any atom is -0.492 e. The Kier molecular flexibility index (Phi) is 6.36. The van der Waals surface area contributed by atoms with E-state index < -0.39 is 0 Å². The number of hydrogen-bond donors (Lipinski definition) is 6. The highest BCUT2D eigenvalue weighted by atomic mass is 16.7. The van der Waals surface area contributed by atoms with Crippen molar-refractivity contribution < 1.29 is 30.1 Å². The average Bonchev–Trinajstić information content (AvgIpc) is 3.08. The Bertz CT molecular complexity index is 664. The summed E-state index contributed by atoms with van der Waals surface area (Å²) < 4.78 is 1.54. The lowest BCUT2D eigenvalue weighted by atomic mass is 10.1. The molecule has 0 saturated carbocycles. The van der Waals surface area contributed by atoms with E-state index in [9.17, 15) is 20.4 Å². The van der Waals surface area contributed by atoms with Gasteiger partial charge in [0, 0.05) is 37.1 Å². The first kappa shape index (κ1) is 19.0. The first-order valence-electron chi connectivity index (χ1n) is 8.09. The fourth-order valence-electron chi connectivity index (χ4n) is 2.23. The summed E-state index contributed by atoms with van der Waals surface area (Å²) in [6.07, 6.45) is 3.63. The topological polar surface area (TPSA) is 157 Å². The summed E-state index contributed by atoms with van der Waals surface area (Å²) in [7, 11) is 0. The highest BCUT2D eigenvalue weighted by Crippen LogP contribution is 2.20. The van der Waals surface area contributed by atoms with Crippen molar-refractivity contribution in [2.45, 2.75) is 38.5 Å². The van der Waals surface area contributed by atoms with Crippen LogP contribution in [-0.2, 0) is 0 Å². The Labute approximate surface area is 149 Å². The zero-order valence-electron chi connectivity index (χ0n) is 14.1. The quantitative estimate of drug-likeness (QED) is 0.226. The minimum atomic E-state index is -0.287. The van der Waals surface area contributed by atoms with Crippen molar-refractivity contribution in [2.75, 3.05) is 0 Å². The molecule has 0 aliphatic rings. The second-order valence-electron chi connectivity index (χ2n) is 5.63. The van der Waals surface area contributed by atoms with Crippen LogP contribution in [0.3, 0.4) is 0 Å². The summed E-state index contributed by atoms with van der Waals surface area (Å²) >= 11 is 0. The molecule has 10 heteroatoms. The maximum Gasteiger partial charge on any atom is 0.229 e. The van der Waals surface area contributed by atoms with Gasteiger partial charge in [0.05, 0.1) is 0 Å². The Morgan fingerprint density at radius 2 is 0.962 bits per heavy atom. The molecule has 0 unspecified atom stereocenters. The number of unbranched alkanes of at least 4 members (excludes halogenated alkanes) is 3. The molecule has 0 saturated heterocycles. The zero-order valence-corrected chi connectivity index (χ0v) is 14.1.